The second-order valence-electron chi connectivity index (χ2n) is 8.42. The van der Waals surface area contributed by atoms with Crippen LogP contribution < -0.4 is 4.74 Å². The van der Waals surface area contributed by atoms with Gasteiger partial charge >= 0.3 is 0 Å². The van der Waals surface area contributed by atoms with Gasteiger partial charge in [-0.3, -0.25) is 24.6 Å². The van der Waals surface area contributed by atoms with Gasteiger partial charge < -0.3 is 19.5 Å². The summed E-state index contributed by atoms with van der Waals surface area (Å²) >= 11 is 0. The lowest BCUT2D eigenvalue weighted by atomic mass is 9.95. The third-order valence-electron chi connectivity index (χ3n) is 6.19. The Balaban J connectivity index is 1.73. The van der Waals surface area contributed by atoms with Gasteiger partial charge in [0.05, 0.1) is 29.8 Å². The van der Waals surface area contributed by atoms with Gasteiger partial charge in [-0.2, -0.15) is 0 Å². The van der Waals surface area contributed by atoms with E-state index in [1.54, 1.807) is 36.4 Å². The second-order valence-corrected chi connectivity index (χ2v) is 8.42. The van der Waals surface area contributed by atoms with Crippen LogP contribution in [0.2, 0.25) is 0 Å². The van der Waals surface area contributed by atoms with E-state index in [1.807, 2.05) is 0 Å². The first-order valence-electron chi connectivity index (χ1n) is 11.6. The third kappa shape index (κ3) is 5.29. The zero-order valence-corrected chi connectivity index (χ0v) is 19.7. The lowest BCUT2D eigenvalue weighted by Gasteiger charge is -2.31. The highest BCUT2D eigenvalue weighted by Crippen LogP contribution is 2.40. The fourth-order valence-electron chi connectivity index (χ4n) is 4.36. The van der Waals surface area contributed by atoms with Crippen molar-refractivity contribution in [1.29, 1.82) is 0 Å². The summed E-state index contributed by atoms with van der Waals surface area (Å²) in [6.07, 6.45) is 1.60. The Labute approximate surface area is 208 Å². The summed E-state index contributed by atoms with van der Waals surface area (Å²) in [5.74, 6) is -1.40. The molecule has 0 aromatic heterocycles. The number of likely N-dealkylation sites (tertiary alicyclic amines) is 1. The number of nitro groups is 1. The molecular formula is C26H27N3O7. The predicted octanol–water partition coefficient (Wildman–Crippen LogP) is 2.91. The van der Waals surface area contributed by atoms with Crippen LogP contribution in [0.3, 0.4) is 0 Å². The lowest BCUT2D eigenvalue weighted by Crippen LogP contribution is -2.42. The number of benzene rings is 2. The number of aliphatic hydroxyl groups is 1. The molecule has 188 valence electrons. The second kappa shape index (κ2) is 11.1. The molecule has 1 unspecified atom stereocenters. The summed E-state index contributed by atoms with van der Waals surface area (Å²) in [6.45, 7) is 7.18. The van der Waals surface area contributed by atoms with Crippen molar-refractivity contribution in [2.45, 2.75) is 6.04 Å². The number of rotatable bonds is 9. The van der Waals surface area contributed by atoms with Crippen LogP contribution in [-0.2, 0) is 14.3 Å². The first kappa shape index (κ1) is 25.1. The van der Waals surface area contributed by atoms with Gasteiger partial charge in [-0.1, -0.05) is 24.8 Å². The van der Waals surface area contributed by atoms with Crippen molar-refractivity contribution in [1.82, 2.24) is 9.80 Å². The minimum Gasteiger partial charge on any atom is -0.507 e. The van der Waals surface area contributed by atoms with Crippen molar-refractivity contribution < 1.29 is 29.1 Å². The van der Waals surface area contributed by atoms with Gasteiger partial charge in [0.1, 0.15) is 18.1 Å². The minimum absolute atomic E-state index is 0.109. The molecule has 10 heteroatoms. The third-order valence-corrected chi connectivity index (χ3v) is 6.19. The molecule has 1 amide bonds. The largest absolute Gasteiger partial charge is 0.507 e. The number of nitro benzene ring substituents is 1. The highest BCUT2D eigenvalue weighted by Gasteiger charge is 2.46. The lowest BCUT2D eigenvalue weighted by molar-refractivity contribution is -0.384. The molecule has 4 rings (SSSR count). The molecule has 0 bridgehead atoms. The van der Waals surface area contributed by atoms with E-state index in [2.05, 4.69) is 11.5 Å². The molecule has 1 atom stereocenters. The Morgan fingerprint density at radius 3 is 2.56 bits per heavy atom. The topological polar surface area (TPSA) is 122 Å². The molecule has 0 radical (unpaired) electrons. The van der Waals surface area contributed by atoms with E-state index in [4.69, 9.17) is 9.47 Å². The van der Waals surface area contributed by atoms with Crippen molar-refractivity contribution in [2.75, 3.05) is 46.0 Å². The number of hydrogen-bond acceptors (Lipinski definition) is 8. The summed E-state index contributed by atoms with van der Waals surface area (Å²) in [7, 11) is 0. The van der Waals surface area contributed by atoms with Gasteiger partial charge in [-0.15, -0.1) is 0 Å². The standard InChI is InChI=1S/C26H27N3O7/c1-2-14-36-21-8-6-18(7-9-21)24(30)22-23(19-4-3-5-20(17-19)29(33)34)28(26(32)25(22)31)11-10-27-12-15-35-16-13-27/h2-9,17,23,30H,1,10-16H2/b24-22-. The number of non-ortho nitro benzene ring substituents is 1. The Morgan fingerprint density at radius 1 is 1.17 bits per heavy atom. The van der Waals surface area contributed by atoms with Crippen LogP contribution in [0.1, 0.15) is 17.2 Å². The highest BCUT2D eigenvalue weighted by molar-refractivity contribution is 6.46. The number of ether oxygens (including phenoxy) is 2. The monoisotopic (exact) mass is 493 g/mol. The van der Waals surface area contributed by atoms with Crippen LogP contribution in [0.4, 0.5) is 5.69 Å². The molecule has 2 aromatic carbocycles. The number of Topliss-reactive ketones (excluding diaryl/α,β-unsaturated/α-hetero) is 1. The molecule has 2 heterocycles. The first-order valence-corrected chi connectivity index (χ1v) is 11.6. The smallest absolute Gasteiger partial charge is 0.295 e. The summed E-state index contributed by atoms with van der Waals surface area (Å²) < 4.78 is 10.8. The van der Waals surface area contributed by atoms with E-state index >= 15 is 0 Å². The SMILES string of the molecule is C=CCOc1ccc(/C(O)=C2/C(=O)C(=O)N(CCN3CCOCC3)C2c2cccc([N+](=O)[O-])c2)cc1. The maximum atomic E-state index is 13.2. The Morgan fingerprint density at radius 2 is 1.89 bits per heavy atom. The maximum absolute atomic E-state index is 13.2. The number of aliphatic hydroxyl groups excluding tert-OH is 1. The summed E-state index contributed by atoms with van der Waals surface area (Å²) in [5, 5.41) is 22.6. The molecule has 2 aromatic rings. The van der Waals surface area contributed by atoms with Gasteiger partial charge in [0.2, 0.25) is 0 Å². The van der Waals surface area contributed by atoms with E-state index in [0.29, 0.717) is 56.3 Å². The summed E-state index contributed by atoms with van der Waals surface area (Å²) in [4.78, 5) is 40.7. The van der Waals surface area contributed by atoms with E-state index < -0.39 is 22.7 Å². The molecule has 0 spiro atoms. The molecule has 0 aliphatic carbocycles. The minimum atomic E-state index is -0.970. The van der Waals surface area contributed by atoms with Gasteiger partial charge in [0.15, 0.2) is 0 Å². The van der Waals surface area contributed by atoms with Crippen LogP contribution in [0.5, 0.6) is 5.75 Å². The average Bonchev–Trinajstić information content (AvgIpc) is 3.16. The Hall–Kier alpha value is -4.02. The van der Waals surface area contributed by atoms with Crippen LogP contribution in [0.25, 0.3) is 5.76 Å². The fraction of sp³-hybridized carbons (Fsp3) is 0.308. The number of carbonyl (C=O) groups excluding carboxylic acids is 2. The van der Waals surface area contributed by atoms with Crippen molar-refractivity contribution in [2.24, 2.45) is 0 Å². The molecule has 10 nitrogen and oxygen atoms in total. The number of amides is 1. The summed E-state index contributed by atoms with van der Waals surface area (Å²) in [5.41, 5.74) is 0.414. The number of nitrogens with zero attached hydrogens (tertiary/aromatic N) is 3. The molecular weight excluding hydrogens is 466 g/mol. The van der Waals surface area contributed by atoms with Crippen LogP contribution in [0, 0.1) is 10.1 Å². The quantitative estimate of drug-likeness (QED) is 0.141. The normalized spacial score (nSPS) is 19.9. The first-order chi connectivity index (χ1) is 17.4. The predicted molar refractivity (Wildman–Crippen MR) is 131 cm³/mol. The average molecular weight is 494 g/mol. The molecule has 2 aliphatic heterocycles. The molecule has 2 aliphatic rings. The fourth-order valence-corrected chi connectivity index (χ4v) is 4.36. The highest BCUT2D eigenvalue weighted by atomic mass is 16.6. The Bertz CT molecular complexity index is 1190. The van der Waals surface area contributed by atoms with E-state index in [0.717, 1.165) is 0 Å². The van der Waals surface area contributed by atoms with E-state index in [-0.39, 0.29) is 23.6 Å². The van der Waals surface area contributed by atoms with Gasteiger partial charge in [-0.25, -0.2) is 0 Å². The molecule has 2 saturated heterocycles. The zero-order valence-electron chi connectivity index (χ0n) is 19.7. The van der Waals surface area contributed by atoms with Crippen LogP contribution in [-0.4, -0.2) is 77.5 Å². The van der Waals surface area contributed by atoms with E-state index in [9.17, 15) is 24.8 Å². The van der Waals surface area contributed by atoms with Crippen molar-refractivity contribution in [3.63, 3.8) is 0 Å². The molecule has 1 N–H and O–H groups in total. The molecule has 2 fully saturated rings. The van der Waals surface area contributed by atoms with Gasteiger partial charge in [-0.05, 0) is 29.8 Å². The van der Waals surface area contributed by atoms with Gasteiger partial charge in [0.25, 0.3) is 17.4 Å². The summed E-state index contributed by atoms with van der Waals surface area (Å²) in [6, 6.07) is 11.3. The number of morpholine rings is 1. The zero-order chi connectivity index (χ0) is 25.7. The maximum Gasteiger partial charge on any atom is 0.295 e. The Kier molecular flexibility index (Phi) is 7.77. The van der Waals surface area contributed by atoms with Crippen molar-refractivity contribution in [3.05, 3.63) is 88.0 Å². The van der Waals surface area contributed by atoms with E-state index in [1.165, 1.54) is 23.1 Å². The number of carbonyl (C=O) groups is 2. The van der Waals surface area contributed by atoms with Crippen LogP contribution in [0.15, 0.2) is 66.8 Å². The van der Waals surface area contributed by atoms with Crippen molar-refractivity contribution in [3.8, 4) is 5.75 Å². The number of hydrogen-bond donors (Lipinski definition) is 1. The van der Waals surface area contributed by atoms with Crippen LogP contribution >= 0.6 is 0 Å². The molecule has 0 saturated carbocycles. The van der Waals surface area contributed by atoms with Crippen molar-refractivity contribution >= 4 is 23.1 Å². The molecule has 36 heavy (non-hydrogen) atoms. The van der Waals surface area contributed by atoms with Gasteiger partial charge in [0, 0.05) is 43.9 Å². The number of ketones is 1.